The van der Waals surface area contributed by atoms with Gasteiger partial charge in [-0.25, -0.2) is 0 Å². The Balaban J connectivity index is 1.93. The fraction of sp³-hybridized carbons (Fsp3) is 0.100. The van der Waals surface area contributed by atoms with Gasteiger partial charge in [-0.1, -0.05) is 24.3 Å². The quantitative estimate of drug-likeness (QED) is 0.422. The number of benzene rings is 2. The number of hydrogen-bond acceptors (Lipinski definition) is 6. The Labute approximate surface area is 171 Å². The Bertz CT molecular complexity index is 1020. The fourth-order valence-electron chi connectivity index (χ4n) is 2.68. The number of ether oxygens (including phenoxy) is 2. The van der Waals surface area contributed by atoms with E-state index < -0.39 is 17.7 Å². The van der Waals surface area contributed by atoms with Crippen molar-refractivity contribution in [2.45, 2.75) is 0 Å². The molecule has 0 aliphatic carbocycles. The van der Waals surface area contributed by atoms with E-state index in [1.165, 1.54) is 18.1 Å². The number of nitrogens with two attached hydrogens (primary N) is 1. The maximum absolute atomic E-state index is 13.0. The number of para-hydroxylation sites is 1. The molecule has 0 bridgehead atoms. The first-order valence-corrected chi connectivity index (χ1v) is 8.87. The van der Waals surface area contributed by atoms with Gasteiger partial charge in [-0.2, -0.15) is 0 Å². The first-order valence-electron chi connectivity index (χ1n) is 8.46. The number of rotatable bonds is 6. The average molecular weight is 411 g/mol. The third-order valence-corrected chi connectivity index (χ3v) is 4.27. The SMILES string of the molecule is COc1cc(/C=C2/C(=O)NC(=S)N(c3ccccc3)C2=O)ccc1OCC(N)=O. The second-order valence-corrected chi connectivity index (χ2v) is 6.35. The van der Waals surface area contributed by atoms with Crippen LogP contribution in [0.5, 0.6) is 11.5 Å². The predicted molar refractivity (Wildman–Crippen MR) is 110 cm³/mol. The highest BCUT2D eigenvalue weighted by Gasteiger charge is 2.34. The van der Waals surface area contributed by atoms with Gasteiger partial charge in [0.15, 0.2) is 23.2 Å². The minimum absolute atomic E-state index is 0.0103. The lowest BCUT2D eigenvalue weighted by Gasteiger charge is -2.28. The van der Waals surface area contributed by atoms with E-state index in [0.29, 0.717) is 22.7 Å². The first-order chi connectivity index (χ1) is 13.9. The largest absolute Gasteiger partial charge is 0.493 e. The number of carbonyl (C=O) groups excluding carboxylic acids is 3. The van der Waals surface area contributed by atoms with E-state index in [1.54, 1.807) is 42.5 Å². The number of nitrogens with zero attached hydrogens (tertiary/aromatic N) is 1. The zero-order chi connectivity index (χ0) is 21.0. The molecular weight excluding hydrogens is 394 g/mol. The lowest BCUT2D eigenvalue weighted by atomic mass is 10.1. The van der Waals surface area contributed by atoms with Crippen LogP contribution in [0.4, 0.5) is 5.69 Å². The van der Waals surface area contributed by atoms with Crippen LogP contribution in [0, 0.1) is 0 Å². The number of methoxy groups -OCH3 is 1. The van der Waals surface area contributed by atoms with Crippen molar-refractivity contribution >= 4 is 46.8 Å². The van der Waals surface area contributed by atoms with Crippen molar-refractivity contribution in [3.63, 3.8) is 0 Å². The van der Waals surface area contributed by atoms with Gasteiger partial charge in [-0.05, 0) is 48.1 Å². The van der Waals surface area contributed by atoms with Gasteiger partial charge in [0.1, 0.15) is 5.57 Å². The van der Waals surface area contributed by atoms with Gasteiger partial charge >= 0.3 is 0 Å². The topological polar surface area (TPSA) is 111 Å². The molecular formula is C20H17N3O5S. The number of nitrogens with one attached hydrogen (secondary N) is 1. The lowest BCUT2D eigenvalue weighted by Crippen LogP contribution is -2.54. The van der Waals surface area contributed by atoms with Crippen LogP contribution in [0.1, 0.15) is 5.56 Å². The number of anilines is 1. The van der Waals surface area contributed by atoms with Crippen LogP contribution in [-0.4, -0.2) is 36.6 Å². The molecule has 0 unspecified atom stereocenters. The summed E-state index contributed by atoms with van der Waals surface area (Å²) in [4.78, 5) is 37.5. The summed E-state index contributed by atoms with van der Waals surface area (Å²) in [7, 11) is 1.43. The van der Waals surface area contributed by atoms with Crippen molar-refractivity contribution in [3.8, 4) is 11.5 Å². The van der Waals surface area contributed by atoms with Gasteiger partial charge < -0.3 is 15.2 Å². The first kappa shape index (κ1) is 20.0. The smallest absolute Gasteiger partial charge is 0.270 e. The van der Waals surface area contributed by atoms with Gasteiger partial charge in [-0.3, -0.25) is 24.6 Å². The van der Waals surface area contributed by atoms with Crippen LogP contribution in [-0.2, 0) is 14.4 Å². The van der Waals surface area contributed by atoms with Crippen LogP contribution in [0.3, 0.4) is 0 Å². The second-order valence-electron chi connectivity index (χ2n) is 5.96. The molecule has 0 spiro atoms. The van der Waals surface area contributed by atoms with E-state index in [1.807, 2.05) is 6.07 Å². The molecule has 3 amide bonds. The summed E-state index contributed by atoms with van der Waals surface area (Å²) in [6.45, 7) is -0.304. The van der Waals surface area contributed by atoms with Crippen LogP contribution in [0.15, 0.2) is 54.1 Å². The molecule has 1 aliphatic rings. The summed E-state index contributed by atoms with van der Waals surface area (Å²) in [5.74, 6) is -1.14. The molecule has 1 fully saturated rings. The molecule has 1 aliphatic heterocycles. The van der Waals surface area contributed by atoms with Crippen molar-refractivity contribution in [2.24, 2.45) is 5.73 Å². The normalized spacial score (nSPS) is 15.3. The van der Waals surface area contributed by atoms with Gasteiger partial charge in [0.25, 0.3) is 17.7 Å². The highest BCUT2D eigenvalue weighted by Crippen LogP contribution is 2.29. The van der Waals surface area contributed by atoms with Crippen LogP contribution in [0.25, 0.3) is 6.08 Å². The highest BCUT2D eigenvalue weighted by molar-refractivity contribution is 7.80. The minimum atomic E-state index is -0.625. The molecule has 29 heavy (non-hydrogen) atoms. The van der Waals surface area contributed by atoms with Gasteiger partial charge in [-0.15, -0.1) is 0 Å². The van der Waals surface area contributed by atoms with E-state index in [0.717, 1.165) is 0 Å². The Morgan fingerprint density at radius 3 is 2.55 bits per heavy atom. The summed E-state index contributed by atoms with van der Waals surface area (Å²) in [6, 6.07) is 13.5. The maximum Gasteiger partial charge on any atom is 0.270 e. The zero-order valence-electron chi connectivity index (χ0n) is 15.4. The minimum Gasteiger partial charge on any atom is -0.493 e. The second kappa shape index (κ2) is 8.53. The standard InChI is InChI=1S/C20H17N3O5S/c1-27-16-10-12(7-8-15(16)28-11-17(21)24)9-14-18(25)22-20(29)23(19(14)26)13-5-3-2-4-6-13/h2-10H,11H2,1H3,(H2,21,24)(H,22,25,29)/b14-9-. The fourth-order valence-corrected chi connectivity index (χ4v) is 2.96. The van der Waals surface area contributed by atoms with Crippen molar-refractivity contribution < 1.29 is 23.9 Å². The number of hydrogen-bond donors (Lipinski definition) is 2. The molecule has 1 saturated heterocycles. The Kier molecular flexibility index (Phi) is 5.89. The van der Waals surface area contributed by atoms with Crippen molar-refractivity contribution in [2.75, 3.05) is 18.6 Å². The summed E-state index contributed by atoms with van der Waals surface area (Å²) in [6.07, 6.45) is 1.43. The Morgan fingerprint density at radius 2 is 1.90 bits per heavy atom. The molecule has 9 heteroatoms. The van der Waals surface area contributed by atoms with E-state index in [-0.39, 0.29) is 17.3 Å². The van der Waals surface area contributed by atoms with Crippen molar-refractivity contribution in [1.82, 2.24) is 5.32 Å². The van der Waals surface area contributed by atoms with Gasteiger partial charge in [0.05, 0.1) is 12.8 Å². The Morgan fingerprint density at radius 1 is 1.17 bits per heavy atom. The summed E-state index contributed by atoms with van der Waals surface area (Å²) in [5.41, 5.74) is 6.05. The molecule has 3 N–H and O–H groups in total. The highest BCUT2D eigenvalue weighted by atomic mass is 32.1. The van der Waals surface area contributed by atoms with E-state index in [4.69, 9.17) is 27.4 Å². The molecule has 0 atom stereocenters. The lowest BCUT2D eigenvalue weighted by molar-refractivity contribution is -0.122. The third kappa shape index (κ3) is 4.41. The maximum atomic E-state index is 13.0. The molecule has 0 aromatic heterocycles. The Hall–Kier alpha value is -3.72. The van der Waals surface area contributed by atoms with E-state index in [2.05, 4.69) is 5.32 Å². The molecule has 2 aromatic rings. The van der Waals surface area contributed by atoms with Crippen LogP contribution in [0.2, 0.25) is 0 Å². The molecule has 1 heterocycles. The monoisotopic (exact) mass is 411 g/mol. The molecule has 2 aromatic carbocycles. The van der Waals surface area contributed by atoms with Gasteiger partial charge in [0, 0.05) is 0 Å². The molecule has 8 nitrogen and oxygen atoms in total. The molecule has 0 saturated carbocycles. The number of thiocarbonyl (C=S) groups is 1. The summed E-state index contributed by atoms with van der Waals surface area (Å²) >= 11 is 5.16. The zero-order valence-corrected chi connectivity index (χ0v) is 16.2. The third-order valence-electron chi connectivity index (χ3n) is 3.98. The molecule has 0 radical (unpaired) electrons. The van der Waals surface area contributed by atoms with Crippen LogP contribution >= 0.6 is 12.2 Å². The number of amides is 3. The summed E-state index contributed by atoms with van der Waals surface area (Å²) in [5, 5.41) is 2.53. The molecule has 148 valence electrons. The molecule has 3 rings (SSSR count). The average Bonchev–Trinajstić information content (AvgIpc) is 2.70. The van der Waals surface area contributed by atoms with Crippen LogP contribution < -0.4 is 25.4 Å². The summed E-state index contributed by atoms with van der Waals surface area (Å²) < 4.78 is 10.5. The number of primary amides is 1. The van der Waals surface area contributed by atoms with Gasteiger partial charge in [0.2, 0.25) is 0 Å². The van der Waals surface area contributed by atoms with E-state index in [9.17, 15) is 14.4 Å². The van der Waals surface area contributed by atoms with Crippen molar-refractivity contribution in [1.29, 1.82) is 0 Å². The van der Waals surface area contributed by atoms with Crippen molar-refractivity contribution in [3.05, 3.63) is 59.7 Å². The van der Waals surface area contributed by atoms with E-state index >= 15 is 0 Å². The number of carbonyl (C=O) groups is 3. The predicted octanol–water partition coefficient (Wildman–Crippen LogP) is 1.39.